The second kappa shape index (κ2) is 7.28. The van der Waals surface area contributed by atoms with Gasteiger partial charge in [0.15, 0.2) is 0 Å². The minimum atomic E-state index is -0.148. The molecule has 0 heterocycles. The molecule has 0 aromatic heterocycles. The van der Waals surface area contributed by atoms with Crippen molar-refractivity contribution >= 4 is 12.0 Å². The zero-order valence-corrected chi connectivity index (χ0v) is 13.5. The molecule has 0 spiro atoms. The van der Waals surface area contributed by atoms with E-state index in [9.17, 15) is 4.79 Å². The van der Waals surface area contributed by atoms with Gasteiger partial charge in [0.2, 0.25) is 0 Å². The van der Waals surface area contributed by atoms with Crippen molar-refractivity contribution in [1.29, 1.82) is 0 Å². The lowest BCUT2D eigenvalue weighted by Crippen LogP contribution is -2.06. The molecule has 0 N–H and O–H groups in total. The van der Waals surface area contributed by atoms with E-state index in [1.54, 1.807) is 0 Å². The van der Waals surface area contributed by atoms with E-state index in [1.807, 2.05) is 6.07 Å². The first-order chi connectivity index (χ1) is 11.3. The van der Waals surface area contributed by atoms with Gasteiger partial charge in [0, 0.05) is 6.42 Å². The Bertz CT molecular complexity index is 728. The van der Waals surface area contributed by atoms with Crippen molar-refractivity contribution in [1.82, 2.24) is 0 Å². The Morgan fingerprint density at radius 1 is 1.00 bits per heavy atom. The van der Waals surface area contributed by atoms with E-state index < -0.39 is 0 Å². The second-order valence-electron chi connectivity index (χ2n) is 6.02. The molecule has 2 nitrogen and oxygen atoms in total. The number of fused-ring (bicyclic) bond motifs is 1. The summed E-state index contributed by atoms with van der Waals surface area (Å²) in [5.41, 5.74) is 6.82. The third-order valence-electron chi connectivity index (χ3n) is 4.49. The van der Waals surface area contributed by atoms with E-state index in [0.29, 0.717) is 6.42 Å². The summed E-state index contributed by atoms with van der Waals surface area (Å²) in [5.74, 6) is -0.148. The van der Waals surface area contributed by atoms with Gasteiger partial charge in [-0.1, -0.05) is 60.2 Å². The van der Waals surface area contributed by atoms with Gasteiger partial charge in [-0.05, 0) is 47.9 Å². The van der Waals surface area contributed by atoms with Gasteiger partial charge in [0.25, 0.3) is 0 Å². The van der Waals surface area contributed by atoms with Crippen molar-refractivity contribution in [2.75, 3.05) is 7.11 Å². The van der Waals surface area contributed by atoms with Crippen LogP contribution in [0, 0.1) is 0 Å². The SMILES string of the molecule is COC(=O)CCc1ccccc1CC1=Cc2ccccc2CC1. The molecule has 1 aliphatic rings. The first-order valence-corrected chi connectivity index (χ1v) is 8.17. The van der Waals surface area contributed by atoms with Crippen LogP contribution in [0.25, 0.3) is 6.08 Å². The number of carbonyl (C=O) groups excluding carboxylic acids is 1. The summed E-state index contributed by atoms with van der Waals surface area (Å²) in [6.45, 7) is 0. The highest BCUT2D eigenvalue weighted by molar-refractivity contribution is 5.69. The van der Waals surface area contributed by atoms with Gasteiger partial charge < -0.3 is 4.74 Å². The largest absolute Gasteiger partial charge is 0.469 e. The summed E-state index contributed by atoms with van der Waals surface area (Å²) < 4.78 is 4.75. The van der Waals surface area contributed by atoms with E-state index in [2.05, 4.69) is 48.5 Å². The average Bonchev–Trinajstić information content (AvgIpc) is 2.60. The second-order valence-corrected chi connectivity index (χ2v) is 6.02. The number of aryl methyl sites for hydroxylation is 2. The maximum atomic E-state index is 11.4. The highest BCUT2D eigenvalue weighted by Gasteiger charge is 2.12. The zero-order chi connectivity index (χ0) is 16.1. The smallest absolute Gasteiger partial charge is 0.305 e. The number of hydrogen-bond acceptors (Lipinski definition) is 2. The molecule has 0 unspecified atom stereocenters. The number of allylic oxidation sites excluding steroid dienone is 1. The maximum Gasteiger partial charge on any atom is 0.305 e. The molecule has 118 valence electrons. The molecule has 0 saturated heterocycles. The van der Waals surface area contributed by atoms with E-state index in [1.165, 1.54) is 34.9 Å². The third kappa shape index (κ3) is 3.89. The fourth-order valence-corrected chi connectivity index (χ4v) is 3.19. The minimum absolute atomic E-state index is 0.148. The van der Waals surface area contributed by atoms with Crippen LogP contribution in [0.3, 0.4) is 0 Å². The van der Waals surface area contributed by atoms with Crippen LogP contribution in [0.4, 0.5) is 0 Å². The van der Waals surface area contributed by atoms with Crippen LogP contribution in [0.5, 0.6) is 0 Å². The van der Waals surface area contributed by atoms with Gasteiger partial charge in [0.1, 0.15) is 0 Å². The quantitative estimate of drug-likeness (QED) is 0.767. The van der Waals surface area contributed by atoms with Crippen LogP contribution in [0.2, 0.25) is 0 Å². The molecule has 2 heteroatoms. The number of benzene rings is 2. The fourth-order valence-electron chi connectivity index (χ4n) is 3.19. The van der Waals surface area contributed by atoms with Gasteiger partial charge >= 0.3 is 5.97 Å². The molecule has 3 rings (SSSR count). The van der Waals surface area contributed by atoms with Crippen LogP contribution in [0.1, 0.15) is 35.1 Å². The summed E-state index contributed by atoms with van der Waals surface area (Å²) in [6, 6.07) is 17.0. The first kappa shape index (κ1) is 15.5. The Hall–Kier alpha value is -2.35. The number of rotatable bonds is 5. The van der Waals surface area contributed by atoms with E-state index in [-0.39, 0.29) is 5.97 Å². The van der Waals surface area contributed by atoms with Crippen LogP contribution in [-0.4, -0.2) is 13.1 Å². The first-order valence-electron chi connectivity index (χ1n) is 8.17. The van der Waals surface area contributed by atoms with Crippen molar-refractivity contribution in [3.05, 3.63) is 76.4 Å². The number of methoxy groups -OCH3 is 1. The van der Waals surface area contributed by atoms with Gasteiger partial charge in [0.05, 0.1) is 7.11 Å². The lowest BCUT2D eigenvalue weighted by atomic mass is 9.88. The lowest BCUT2D eigenvalue weighted by Gasteiger charge is -2.18. The predicted octanol–water partition coefficient (Wildman–Crippen LogP) is 4.36. The Kier molecular flexibility index (Phi) is 4.92. The van der Waals surface area contributed by atoms with Crippen LogP contribution in [0.15, 0.2) is 54.1 Å². The molecule has 2 aromatic carbocycles. The monoisotopic (exact) mass is 306 g/mol. The number of esters is 1. The summed E-state index contributed by atoms with van der Waals surface area (Å²) in [6.07, 6.45) is 6.71. The molecule has 0 radical (unpaired) electrons. The molecule has 0 aliphatic heterocycles. The fraction of sp³-hybridized carbons (Fsp3) is 0.286. The highest BCUT2D eigenvalue weighted by Crippen LogP contribution is 2.27. The molecule has 0 fully saturated rings. The molecule has 23 heavy (non-hydrogen) atoms. The van der Waals surface area contributed by atoms with E-state index in [0.717, 1.165) is 25.7 Å². The van der Waals surface area contributed by atoms with Crippen molar-refractivity contribution in [3.8, 4) is 0 Å². The summed E-state index contributed by atoms with van der Waals surface area (Å²) in [7, 11) is 1.44. The summed E-state index contributed by atoms with van der Waals surface area (Å²) >= 11 is 0. The van der Waals surface area contributed by atoms with E-state index in [4.69, 9.17) is 4.74 Å². The molecule has 0 atom stereocenters. The van der Waals surface area contributed by atoms with Gasteiger partial charge in [-0.3, -0.25) is 4.79 Å². The maximum absolute atomic E-state index is 11.4. The van der Waals surface area contributed by atoms with Crippen molar-refractivity contribution in [2.45, 2.75) is 32.1 Å². The summed E-state index contributed by atoms with van der Waals surface area (Å²) in [4.78, 5) is 11.4. The van der Waals surface area contributed by atoms with Crippen molar-refractivity contribution in [2.24, 2.45) is 0 Å². The molecule has 0 saturated carbocycles. The average molecular weight is 306 g/mol. The van der Waals surface area contributed by atoms with Gasteiger partial charge in [-0.15, -0.1) is 0 Å². The molecule has 0 bridgehead atoms. The van der Waals surface area contributed by atoms with Crippen molar-refractivity contribution < 1.29 is 9.53 Å². The molecular formula is C21H22O2. The minimum Gasteiger partial charge on any atom is -0.469 e. The Morgan fingerprint density at radius 3 is 2.57 bits per heavy atom. The Morgan fingerprint density at radius 2 is 1.74 bits per heavy atom. The van der Waals surface area contributed by atoms with E-state index >= 15 is 0 Å². The lowest BCUT2D eigenvalue weighted by molar-refractivity contribution is -0.140. The number of hydrogen-bond donors (Lipinski definition) is 0. The van der Waals surface area contributed by atoms with Crippen molar-refractivity contribution in [3.63, 3.8) is 0 Å². The van der Waals surface area contributed by atoms with Crippen LogP contribution in [-0.2, 0) is 28.8 Å². The molecule has 2 aromatic rings. The molecule has 1 aliphatic carbocycles. The Balaban J connectivity index is 1.76. The standard InChI is InChI=1S/C21H22O2/c1-23-21(22)13-12-18-7-3-5-9-20(18)15-16-10-11-17-6-2-4-8-19(17)14-16/h2-9,14H,10-13,15H2,1H3. The number of ether oxygens (including phenoxy) is 1. The highest BCUT2D eigenvalue weighted by atomic mass is 16.5. The van der Waals surface area contributed by atoms with Gasteiger partial charge in [-0.2, -0.15) is 0 Å². The number of carbonyl (C=O) groups is 1. The Labute approximate surface area is 137 Å². The third-order valence-corrected chi connectivity index (χ3v) is 4.49. The normalized spacial score (nSPS) is 13.2. The van der Waals surface area contributed by atoms with Crippen LogP contribution < -0.4 is 0 Å². The summed E-state index contributed by atoms with van der Waals surface area (Å²) in [5, 5.41) is 0. The molecule has 0 amide bonds. The molecular weight excluding hydrogens is 284 g/mol. The predicted molar refractivity (Wildman–Crippen MR) is 93.2 cm³/mol. The topological polar surface area (TPSA) is 26.3 Å². The zero-order valence-electron chi connectivity index (χ0n) is 13.5. The van der Waals surface area contributed by atoms with Crippen LogP contribution >= 0.6 is 0 Å². The van der Waals surface area contributed by atoms with Gasteiger partial charge in [-0.25, -0.2) is 0 Å².